The fraction of sp³-hybridized carbons (Fsp3) is 0.409. The molecule has 1 aromatic heterocycles. The van der Waals surface area contributed by atoms with Crippen molar-refractivity contribution in [3.8, 4) is 0 Å². The number of pyridine rings is 1. The van der Waals surface area contributed by atoms with E-state index in [4.69, 9.17) is 0 Å². The van der Waals surface area contributed by atoms with Gasteiger partial charge < -0.3 is 10.2 Å². The summed E-state index contributed by atoms with van der Waals surface area (Å²) in [6, 6.07) is 11.8. The fourth-order valence-corrected chi connectivity index (χ4v) is 3.51. The van der Waals surface area contributed by atoms with Crippen molar-refractivity contribution in [3.63, 3.8) is 0 Å². The van der Waals surface area contributed by atoms with Crippen molar-refractivity contribution in [2.24, 2.45) is 0 Å². The van der Waals surface area contributed by atoms with Gasteiger partial charge in [0.25, 0.3) is 11.8 Å². The number of carbonyl (C=O) groups is 2. The van der Waals surface area contributed by atoms with E-state index in [0.29, 0.717) is 24.2 Å². The number of carbonyl (C=O) groups excluding carboxylic acids is 2. The number of nitrogens with one attached hydrogen (secondary N) is 1. The lowest BCUT2D eigenvalue weighted by Gasteiger charge is -2.23. The van der Waals surface area contributed by atoms with Crippen molar-refractivity contribution >= 4 is 11.8 Å². The van der Waals surface area contributed by atoms with Gasteiger partial charge in [-0.1, -0.05) is 49.6 Å². The maximum absolute atomic E-state index is 12.9. The maximum Gasteiger partial charge on any atom is 0.255 e. The lowest BCUT2D eigenvalue weighted by atomic mass is 9.95. The van der Waals surface area contributed by atoms with Crippen LogP contribution in [-0.4, -0.2) is 34.3 Å². The summed E-state index contributed by atoms with van der Waals surface area (Å²) in [6.07, 6.45) is 8.68. The van der Waals surface area contributed by atoms with Gasteiger partial charge in [0.05, 0.1) is 11.1 Å². The molecule has 1 aliphatic rings. The number of amides is 2. The molecule has 0 saturated heterocycles. The minimum atomic E-state index is -0.143. The van der Waals surface area contributed by atoms with Gasteiger partial charge in [-0.15, -0.1) is 0 Å². The molecule has 5 nitrogen and oxygen atoms in total. The number of hydrogen-bond acceptors (Lipinski definition) is 3. The van der Waals surface area contributed by atoms with E-state index in [1.54, 1.807) is 11.0 Å². The highest BCUT2D eigenvalue weighted by atomic mass is 16.2. The molecule has 2 aromatic rings. The van der Waals surface area contributed by atoms with Gasteiger partial charge in [0.1, 0.15) is 0 Å². The molecule has 1 aromatic carbocycles. The van der Waals surface area contributed by atoms with Crippen molar-refractivity contribution in [2.75, 3.05) is 6.54 Å². The zero-order valence-corrected chi connectivity index (χ0v) is 15.9. The molecule has 1 fully saturated rings. The van der Waals surface area contributed by atoms with Crippen LogP contribution in [0.15, 0.2) is 48.8 Å². The molecule has 0 aliphatic heterocycles. The smallest absolute Gasteiger partial charge is 0.255 e. The van der Waals surface area contributed by atoms with Crippen molar-refractivity contribution in [1.82, 2.24) is 15.2 Å². The molecule has 5 heteroatoms. The Morgan fingerprint density at radius 1 is 1.07 bits per heavy atom. The van der Waals surface area contributed by atoms with Gasteiger partial charge in [0.15, 0.2) is 0 Å². The normalized spacial score (nSPS) is 14.6. The Morgan fingerprint density at radius 2 is 1.78 bits per heavy atom. The molecule has 1 aliphatic carbocycles. The third kappa shape index (κ3) is 5.16. The molecule has 0 bridgehead atoms. The van der Waals surface area contributed by atoms with Crippen molar-refractivity contribution in [2.45, 2.75) is 51.6 Å². The molecule has 27 heavy (non-hydrogen) atoms. The average molecular weight is 365 g/mol. The van der Waals surface area contributed by atoms with Crippen molar-refractivity contribution < 1.29 is 9.59 Å². The Bertz CT molecular complexity index is 770. The monoisotopic (exact) mass is 365 g/mol. The number of nitrogens with zero attached hydrogens (tertiary/aromatic N) is 2. The Hall–Kier alpha value is -2.69. The maximum atomic E-state index is 12.9. The highest BCUT2D eigenvalue weighted by Gasteiger charge is 2.19. The lowest BCUT2D eigenvalue weighted by Crippen LogP contribution is -2.36. The molecule has 0 atom stereocenters. The summed E-state index contributed by atoms with van der Waals surface area (Å²) in [5, 5.41) is 3.08. The van der Waals surface area contributed by atoms with Crippen LogP contribution in [0.4, 0.5) is 0 Å². The van der Waals surface area contributed by atoms with Crippen LogP contribution in [0.2, 0.25) is 0 Å². The van der Waals surface area contributed by atoms with E-state index < -0.39 is 0 Å². The van der Waals surface area contributed by atoms with E-state index in [1.807, 2.05) is 37.3 Å². The van der Waals surface area contributed by atoms with E-state index in [9.17, 15) is 9.59 Å². The highest BCUT2D eigenvalue weighted by Crippen LogP contribution is 2.18. The van der Waals surface area contributed by atoms with Crippen LogP contribution in [0.1, 0.15) is 65.3 Å². The molecule has 0 unspecified atom stereocenters. The molecule has 0 spiro atoms. The van der Waals surface area contributed by atoms with Crippen LogP contribution in [-0.2, 0) is 6.54 Å². The number of rotatable bonds is 6. The quantitative estimate of drug-likeness (QED) is 0.847. The predicted molar refractivity (Wildman–Crippen MR) is 105 cm³/mol. The first-order chi connectivity index (χ1) is 13.2. The van der Waals surface area contributed by atoms with Crippen LogP contribution < -0.4 is 5.32 Å². The van der Waals surface area contributed by atoms with Gasteiger partial charge in [-0.2, -0.15) is 0 Å². The zero-order chi connectivity index (χ0) is 19.1. The summed E-state index contributed by atoms with van der Waals surface area (Å²) in [6.45, 7) is 3.08. The van der Waals surface area contributed by atoms with Gasteiger partial charge in [-0.3, -0.25) is 14.6 Å². The Kier molecular flexibility index (Phi) is 6.58. The van der Waals surface area contributed by atoms with Crippen LogP contribution in [0.25, 0.3) is 0 Å². The van der Waals surface area contributed by atoms with Crippen LogP contribution in [0.5, 0.6) is 0 Å². The fourth-order valence-electron chi connectivity index (χ4n) is 3.51. The van der Waals surface area contributed by atoms with E-state index in [2.05, 4.69) is 10.3 Å². The molecule has 142 valence electrons. The Morgan fingerprint density at radius 3 is 2.48 bits per heavy atom. The van der Waals surface area contributed by atoms with Crippen LogP contribution >= 0.6 is 0 Å². The summed E-state index contributed by atoms with van der Waals surface area (Å²) in [4.78, 5) is 31.3. The van der Waals surface area contributed by atoms with Crippen LogP contribution in [0, 0.1) is 0 Å². The third-order valence-corrected chi connectivity index (χ3v) is 5.07. The third-order valence-electron chi connectivity index (χ3n) is 5.07. The summed E-state index contributed by atoms with van der Waals surface area (Å²) < 4.78 is 0. The standard InChI is InChI=1S/C22H27N3O2/c1-2-25(16-17-9-5-3-6-10-17)22(27)19-13-18(14-23-15-19)21(26)24-20-11-7-4-8-12-20/h3,5-6,9-10,13-15,20H,2,4,7-8,11-12,16H2,1H3,(H,24,26). The van der Waals surface area contributed by atoms with E-state index >= 15 is 0 Å². The first-order valence-electron chi connectivity index (χ1n) is 9.76. The van der Waals surface area contributed by atoms with Gasteiger partial charge in [-0.05, 0) is 31.4 Å². The molecule has 2 amide bonds. The Balaban J connectivity index is 1.69. The van der Waals surface area contributed by atoms with E-state index in [1.165, 1.54) is 18.8 Å². The SMILES string of the molecule is CCN(Cc1ccccc1)C(=O)c1cncc(C(=O)NC2CCCCC2)c1. The van der Waals surface area contributed by atoms with E-state index in [-0.39, 0.29) is 17.9 Å². The minimum Gasteiger partial charge on any atom is -0.349 e. The largest absolute Gasteiger partial charge is 0.349 e. The van der Waals surface area contributed by atoms with Gasteiger partial charge in [-0.25, -0.2) is 0 Å². The van der Waals surface area contributed by atoms with Gasteiger partial charge in [0, 0.05) is 31.5 Å². The van der Waals surface area contributed by atoms with Crippen molar-refractivity contribution in [3.05, 3.63) is 65.5 Å². The second-order valence-corrected chi connectivity index (χ2v) is 7.08. The number of hydrogen-bond donors (Lipinski definition) is 1. The summed E-state index contributed by atoms with van der Waals surface area (Å²) in [7, 11) is 0. The summed E-state index contributed by atoms with van der Waals surface area (Å²) in [5.41, 5.74) is 1.97. The molecular weight excluding hydrogens is 338 g/mol. The first-order valence-corrected chi connectivity index (χ1v) is 9.76. The first kappa shape index (κ1) is 19.1. The predicted octanol–water partition coefficient (Wildman–Crippen LogP) is 3.81. The highest BCUT2D eigenvalue weighted by molar-refractivity contribution is 5.99. The molecule has 3 rings (SSSR count). The minimum absolute atomic E-state index is 0.110. The molecular formula is C22H27N3O2. The van der Waals surface area contributed by atoms with Gasteiger partial charge >= 0.3 is 0 Å². The number of benzene rings is 1. The summed E-state index contributed by atoms with van der Waals surface area (Å²) >= 11 is 0. The lowest BCUT2D eigenvalue weighted by molar-refractivity contribution is 0.0752. The number of aromatic nitrogens is 1. The molecule has 1 heterocycles. The summed E-state index contributed by atoms with van der Waals surface area (Å²) in [5.74, 6) is -0.253. The van der Waals surface area contributed by atoms with Crippen LogP contribution in [0.3, 0.4) is 0 Å². The molecule has 1 saturated carbocycles. The molecule has 0 radical (unpaired) electrons. The second-order valence-electron chi connectivity index (χ2n) is 7.08. The van der Waals surface area contributed by atoms with Gasteiger partial charge in [0.2, 0.25) is 0 Å². The average Bonchev–Trinajstić information content (AvgIpc) is 2.73. The topological polar surface area (TPSA) is 62.3 Å². The zero-order valence-electron chi connectivity index (χ0n) is 15.9. The van der Waals surface area contributed by atoms with Crippen molar-refractivity contribution in [1.29, 1.82) is 0 Å². The molecule has 1 N–H and O–H groups in total. The Labute approximate surface area is 160 Å². The van der Waals surface area contributed by atoms with E-state index in [0.717, 1.165) is 31.2 Å². The second kappa shape index (κ2) is 9.31.